The van der Waals surface area contributed by atoms with Gasteiger partial charge in [-0.25, -0.2) is 0 Å². The molecule has 1 heteroatoms. The van der Waals surface area contributed by atoms with Gasteiger partial charge < -0.3 is 5.11 Å². The number of benzene rings is 1. The van der Waals surface area contributed by atoms with Crippen molar-refractivity contribution in [3.05, 3.63) is 34.9 Å². The summed E-state index contributed by atoms with van der Waals surface area (Å²) in [7, 11) is 0. The maximum absolute atomic E-state index is 9.35. The van der Waals surface area contributed by atoms with Crippen molar-refractivity contribution in [1.82, 2.24) is 0 Å². The minimum atomic E-state index is 0.298. The van der Waals surface area contributed by atoms with Crippen LogP contribution in [0.5, 0.6) is 0 Å². The first-order chi connectivity index (χ1) is 7.63. The predicted molar refractivity (Wildman–Crippen MR) is 67.8 cm³/mol. The Hall–Kier alpha value is -0.820. The summed E-state index contributed by atoms with van der Waals surface area (Å²) in [6, 6.07) is 6.81. The Kier molecular flexibility index (Phi) is 3.34. The summed E-state index contributed by atoms with van der Waals surface area (Å²) >= 11 is 0. The molecule has 0 saturated carbocycles. The van der Waals surface area contributed by atoms with Crippen LogP contribution in [0.4, 0.5) is 0 Å². The summed E-state index contributed by atoms with van der Waals surface area (Å²) in [6.07, 6.45) is 2.48. The number of fused-ring (bicyclic) bond motifs is 1. The van der Waals surface area contributed by atoms with E-state index in [0.717, 1.165) is 0 Å². The zero-order valence-electron chi connectivity index (χ0n) is 10.5. The van der Waals surface area contributed by atoms with Crippen LogP contribution in [0.15, 0.2) is 18.2 Å². The fraction of sp³-hybridized carbons (Fsp3) is 0.600. The van der Waals surface area contributed by atoms with Gasteiger partial charge in [-0.1, -0.05) is 37.6 Å². The largest absolute Gasteiger partial charge is 0.396 e. The van der Waals surface area contributed by atoms with Crippen molar-refractivity contribution >= 4 is 0 Å². The van der Waals surface area contributed by atoms with Gasteiger partial charge in [0.2, 0.25) is 0 Å². The summed E-state index contributed by atoms with van der Waals surface area (Å²) < 4.78 is 0. The minimum Gasteiger partial charge on any atom is -0.396 e. The van der Waals surface area contributed by atoms with Gasteiger partial charge >= 0.3 is 0 Å². The molecule has 1 N–H and O–H groups in total. The molecule has 0 saturated heterocycles. The Morgan fingerprint density at radius 2 is 2.06 bits per heavy atom. The van der Waals surface area contributed by atoms with Crippen molar-refractivity contribution in [2.24, 2.45) is 5.92 Å². The van der Waals surface area contributed by atoms with Crippen LogP contribution in [-0.4, -0.2) is 11.7 Å². The fourth-order valence-electron chi connectivity index (χ4n) is 2.92. The van der Waals surface area contributed by atoms with E-state index in [9.17, 15) is 5.11 Å². The van der Waals surface area contributed by atoms with Crippen LogP contribution >= 0.6 is 0 Å². The molecule has 88 valence electrons. The molecule has 0 fully saturated rings. The van der Waals surface area contributed by atoms with Crippen molar-refractivity contribution in [2.45, 2.75) is 45.4 Å². The second-order valence-corrected chi connectivity index (χ2v) is 5.38. The van der Waals surface area contributed by atoms with E-state index in [0.29, 0.717) is 24.4 Å². The molecule has 1 nitrogen and oxygen atoms in total. The second-order valence-electron chi connectivity index (χ2n) is 5.38. The molecule has 0 heterocycles. The van der Waals surface area contributed by atoms with E-state index in [-0.39, 0.29) is 0 Å². The average molecular weight is 218 g/mol. The van der Waals surface area contributed by atoms with Crippen LogP contribution in [0.3, 0.4) is 0 Å². The minimum absolute atomic E-state index is 0.298. The molecule has 16 heavy (non-hydrogen) atoms. The summed E-state index contributed by atoms with van der Waals surface area (Å²) in [5, 5.41) is 9.35. The highest BCUT2D eigenvalue weighted by Crippen LogP contribution is 2.42. The first-order valence-electron chi connectivity index (χ1n) is 6.34. The number of aryl methyl sites for hydroxylation is 1. The Morgan fingerprint density at radius 3 is 2.75 bits per heavy atom. The molecule has 0 spiro atoms. The Balaban J connectivity index is 2.41. The highest BCUT2D eigenvalue weighted by atomic mass is 16.3. The van der Waals surface area contributed by atoms with E-state index in [1.807, 2.05) is 0 Å². The van der Waals surface area contributed by atoms with Crippen LogP contribution in [0.1, 0.15) is 55.2 Å². The summed E-state index contributed by atoms with van der Waals surface area (Å²) in [5.41, 5.74) is 4.32. The highest BCUT2D eigenvalue weighted by molar-refractivity contribution is 5.38. The zero-order valence-corrected chi connectivity index (χ0v) is 10.5. The van der Waals surface area contributed by atoms with E-state index < -0.39 is 0 Å². The van der Waals surface area contributed by atoms with Gasteiger partial charge in [-0.2, -0.15) is 0 Å². The normalized spacial score (nSPS) is 26.2. The van der Waals surface area contributed by atoms with Gasteiger partial charge in [-0.05, 0) is 48.6 Å². The maximum atomic E-state index is 9.35. The van der Waals surface area contributed by atoms with E-state index in [4.69, 9.17) is 0 Å². The van der Waals surface area contributed by atoms with Gasteiger partial charge in [0.15, 0.2) is 0 Å². The maximum Gasteiger partial charge on any atom is 0.0462 e. The lowest BCUT2D eigenvalue weighted by molar-refractivity contribution is 0.206. The number of aliphatic hydroxyl groups is 1. The Morgan fingerprint density at radius 1 is 1.31 bits per heavy atom. The molecule has 1 aliphatic carbocycles. The second kappa shape index (κ2) is 4.58. The summed E-state index contributed by atoms with van der Waals surface area (Å²) in [5.74, 6) is 1.61. The predicted octanol–water partition coefficient (Wildman–Crippen LogP) is 3.60. The number of aliphatic hydroxyl groups excluding tert-OH is 1. The van der Waals surface area contributed by atoms with Gasteiger partial charge in [-0.15, -0.1) is 0 Å². The van der Waals surface area contributed by atoms with Crippen molar-refractivity contribution in [3.8, 4) is 0 Å². The number of hydrogen-bond donors (Lipinski definition) is 1. The van der Waals surface area contributed by atoms with E-state index in [1.165, 1.54) is 29.5 Å². The number of hydrogen-bond acceptors (Lipinski definition) is 1. The summed E-state index contributed by atoms with van der Waals surface area (Å²) in [6.45, 7) is 6.92. The SMILES string of the molecule is Cc1ccc2c(c1)[C@@H]([C@@H](C)CO)CC[C@@H]2C. The quantitative estimate of drug-likeness (QED) is 0.804. The van der Waals surface area contributed by atoms with Gasteiger partial charge in [0.25, 0.3) is 0 Å². The van der Waals surface area contributed by atoms with Crippen molar-refractivity contribution in [3.63, 3.8) is 0 Å². The molecule has 3 atom stereocenters. The van der Waals surface area contributed by atoms with Crippen LogP contribution in [0.2, 0.25) is 0 Å². The molecule has 0 aromatic heterocycles. The molecular weight excluding hydrogens is 196 g/mol. The molecule has 1 aromatic carbocycles. The van der Waals surface area contributed by atoms with Crippen LogP contribution in [0, 0.1) is 12.8 Å². The monoisotopic (exact) mass is 218 g/mol. The lowest BCUT2D eigenvalue weighted by atomic mass is 9.72. The molecular formula is C15H22O. The lowest BCUT2D eigenvalue weighted by Gasteiger charge is -2.33. The van der Waals surface area contributed by atoms with Gasteiger partial charge in [0, 0.05) is 6.61 Å². The third-order valence-corrected chi connectivity index (χ3v) is 4.06. The van der Waals surface area contributed by atoms with Crippen LogP contribution < -0.4 is 0 Å². The van der Waals surface area contributed by atoms with Crippen molar-refractivity contribution in [1.29, 1.82) is 0 Å². The number of rotatable bonds is 2. The first-order valence-corrected chi connectivity index (χ1v) is 6.34. The molecule has 2 rings (SSSR count). The Bertz CT molecular complexity index is 370. The fourth-order valence-corrected chi connectivity index (χ4v) is 2.92. The third kappa shape index (κ3) is 2.01. The van der Waals surface area contributed by atoms with Crippen LogP contribution in [-0.2, 0) is 0 Å². The van der Waals surface area contributed by atoms with E-state index >= 15 is 0 Å². The van der Waals surface area contributed by atoms with Gasteiger partial charge in [0.05, 0.1) is 0 Å². The van der Waals surface area contributed by atoms with Crippen molar-refractivity contribution in [2.75, 3.05) is 6.61 Å². The van der Waals surface area contributed by atoms with Gasteiger partial charge in [0.1, 0.15) is 0 Å². The van der Waals surface area contributed by atoms with E-state index in [1.54, 1.807) is 0 Å². The zero-order chi connectivity index (χ0) is 11.7. The average Bonchev–Trinajstić information content (AvgIpc) is 2.28. The third-order valence-electron chi connectivity index (χ3n) is 4.06. The van der Waals surface area contributed by atoms with Gasteiger partial charge in [-0.3, -0.25) is 0 Å². The van der Waals surface area contributed by atoms with Crippen LogP contribution in [0.25, 0.3) is 0 Å². The topological polar surface area (TPSA) is 20.2 Å². The molecule has 0 unspecified atom stereocenters. The highest BCUT2D eigenvalue weighted by Gasteiger charge is 2.28. The lowest BCUT2D eigenvalue weighted by Crippen LogP contribution is -2.20. The standard InChI is InChI=1S/C15H22O/c1-10-4-6-13-11(2)5-7-14(12(3)9-16)15(13)8-10/h4,6,8,11-12,14,16H,5,7,9H2,1-3H3/t11-,12-,14+/m0/s1. The smallest absolute Gasteiger partial charge is 0.0462 e. The molecule has 0 bridgehead atoms. The molecule has 1 aromatic rings. The molecule has 0 amide bonds. The van der Waals surface area contributed by atoms with E-state index in [2.05, 4.69) is 39.0 Å². The van der Waals surface area contributed by atoms with Crippen molar-refractivity contribution < 1.29 is 5.11 Å². The molecule has 0 aliphatic heterocycles. The molecule has 1 aliphatic rings. The molecule has 0 radical (unpaired) electrons. The summed E-state index contributed by atoms with van der Waals surface area (Å²) in [4.78, 5) is 0. The Labute approximate surface area is 98.5 Å². The first kappa shape index (κ1) is 11.7.